The summed E-state index contributed by atoms with van der Waals surface area (Å²) in [5.74, 6) is 2.96. The number of piperidine rings is 2. The van der Waals surface area contributed by atoms with Crippen molar-refractivity contribution in [2.24, 2.45) is 23.7 Å². The van der Waals surface area contributed by atoms with E-state index in [0.29, 0.717) is 5.92 Å². The Morgan fingerprint density at radius 3 is 2.16 bits per heavy atom. The van der Waals surface area contributed by atoms with E-state index in [1.54, 1.807) is 7.11 Å². The molecule has 2 saturated heterocycles. The fourth-order valence-corrected chi connectivity index (χ4v) is 6.77. The zero-order valence-electron chi connectivity index (χ0n) is 16.0. The van der Waals surface area contributed by atoms with Gasteiger partial charge in [-0.05, 0) is 43.9 Å². The molecule has 2 heterocycles. The van der Waals surface area contributed by atoms with Crippen LogP contribution in [0, 0.1) is 23.7 Å². The number of rotatable bonds is 3. The Morgan fingerprint density at radius 2 is 1.44 bits per heavy atom. The van der Waals surface area contributed by atoms with E-state index in [0.717, 1.165) is 49.5 Å². The van der Waals surface area contributed by atoms with Gasteiger partial charge in [-0.1, -0.05) is 0 Å². The molecule has 0 aromatic rings. The molecule has 2 N–H and O–H groups in total. The van der Waals surface area contributed by atoms with E-state index in [2.05, 4.69) is 0 Å². The maximum Gasteiger partial charge on any atom is 0.0909 e. The number of aliphatic hydroxyl groups excluding tert-OH is 1. The molecular weight excluding hydrogens is 318 g/mol. The maximum absolute atomic E-state index is 10.4. The van der Waals surface area contributed by atoms with Gasteiger partial charge in [-0.3, -0.25) is 0 Å². The van der Waals surface area contributed by atoms with Crippen LogP contribution in [0.4, 0.5) is 0 Å². The lowest BCUT2D eigenvalue weighted by Crippen LogP contribution is -3.19. The van der Waals surface area contributed by atoms with Crippen LogP contribution >= 0.6 is 0 Å². The number of ether oxygens (including phenoxy) is 3. The Bertz CT molecular complexity index is 461. The molecule has 144 valence electrons. The lowest BCUT2D eigenvalue weighted by atomic mass is 9.62. The molecule has 0 bridgehead atoms. The molecule has 5 nitrogen and oxygen atoms in total. The summed E-state index contributed by atoms with van der Waals surface area (Å²) in [6.45, 7) is 2.58. The number of methoxy groups -OCH3 is 3. The molecule has 2 aliphatic heterocycles. The monoisotopic (exact) mass is 354 g/mol. The summed E-state index contributed by atoms with van der Waals surface area (Å²) in [6.07, 6.45) is 7.18. The number of nitrogens with one attached hydrogen (secondary N) is 1. The third-order valence-electron chi connectivity index (χ3n) is 8.10. The van der Waals surface area contributed by atoms with E-state index < -0.39 is 0 Å². The average molecular weight is 355 g/mol. The third-order valence-corrected chi connectivity index (χ3v) is 8.10. The molecule has 0 radical (unpaired) electrons. The number of aliphatic hydroxyl groups is 1. The van der Waals surface area contributed by atoms with Crippen LogP contribution < -0.4 is 4.90 Å². The zero-order valence-corrected chi connectivity index (χ0v) is 16.0. The van der Waals surface area contributed by atoms with Gasteiger partial charge in [0.1, 0.15) is 0 Å². The standard InChI is InChI=1S/C20H35NO4/c1-23-18-9-14-11-21-5-4-12-8-19(24-2)20(25-3)10-15(12)16(21)6-13(14)7-17(18)22/h12-20,22H,4-11H2,1-3H3/p+1. The van der Waals surface area contributed by atoms with Crippen molar-refractivity contribution < 1.29 is 24.2 Å². The van der Waals surface area contributed by atoms with Crippen molar-refractivity contribution in [1.82, 2.24) is 0 Å². The van der Waals surface area contributed by atoms with E-state index >= 15 is 0 Å². The first-order chi connectivity index (χ1) is 12.1. The SMILES string of the molecule is COC1CC2C[NH+]3CCC4CC(OC)C(OC)CC4C3CC2CC1O. The first kappa shape index (κ1) is 18.2. The highest BCUT2D eigenvalue weighted by molar-refractivity contribution is 4.96. The molecule has 4 rings (SSSR count). The summed E-state index contributed by atoms with van der Waals surface area (Å²) in [7, 11) is 5.42. The normalized spacial score (nSPS) is 52.8. The quantitative estimate of drug-likeness (QED) is 0.775. The molecule has 10 unspecified atom stereocenters. The van der Waals surface area contributed by atoms with Crippen LogP contribution in [-0.2, 0) is 14.2 Å². The van der Waals surface area contributed by atoms with Gasteiger partial charge in [-0.25, -0.2) is 0 Å². The first-order valence-electron chi connectivity index (χ1n) is 10.3. The van der Waals surface area contributed by atoms with Crippen molar-refractivity contribution in [3.8, 4) is 0 Å². The molecule has 2 aliphatic carbocycles. The van der Waals surface area contributed by atoms with Crippen LogP contribution in [0.3, 0.4) is 0 Å². The van der Waals surface area contributed by atoms with Gasteiger partial charge < -0.3 is 24.2 Å². The molecule has 5 heteroatoms. The summed E-state index contributed by atoms with van der Waals surface area (Å²) in [5, 5.41) is 10.4. The number of hydrogen-bond acceptors (Lipinski definition) is 4. The third kappa shape index (κ3) is 3.27. The average Bonchev–Trinajstić information content (AvgIpc) is 2.64. The van der Waals surface area contributed by atoms with Crippen molar-refractivity contribution in [2.45, 2.75) is 69.0 Å². The van der Waals surface area contributed by atoms with Gasteiger partial charge in [0.25, 0.3) is 0 Å². The minimum absolute atomic E-state index is 0.0461. The van der Waals surface area contributed by atoms with E-state index in [1.165, 1.54) is 25.9 Å². The Hall–Kier alpha value is -0.200. The Labute approximate surface area is 152 Å². The van der Waals surface area contributed by atoms with E-state index in [9.17, 15) is 5.11 Å². The van der Waals surface area contributed by atoms with E-state index in [-0.39, 0.29) is 24.4 Å². The van der Waals surface area contributed by atoms with Crippen LogP contribution in [0.5, 0.6) is 0 Å². The first-order valence-corrected chi connectivity index (χ1v) is 10.3. The molecule has 0 amide bonds. The summed E-state index contributed by atoms with van der Waals surface area (Å²) in [6, 6.07) is 0.752. The fraction of sp³-hybridized carbons (Fsp3) is 1.00. The highest BCUT2D eigenvalue weighted by Crippen LogP contribution is 2.43. The smallest absolute Gasteiger partial charge is 0.0909 e. The molecular formula is C20H36NO4+. The van der Waals surface area contributed by atoms with Crippen molar-refractivity contribution in [3.63, 3.8) is 0 Å². The minimum atomic E-state index is -0.275. The molecule has 0 aromatic carbocycles. The van der Waals surface area contributed by atoms with Gasteiger partial charge in [0.15, 0.2) is 0 Å². The highest BCUT2D eigenvalue weighted by Gasteiger charge is 2.53. The topological polar surface area (TPSA) is 52.4 Å². The van der Waals surface area contributed by atoms with Crippen molar-refractivity contribution >= 4 is 0 Å². The molecule has 2 saturated carbocycles. The van der Waals surface area contributed by atoms with E-state index in [4.69, 9.17) is 14.2 Å². The molecule has 4 fully saturated rings. The number of quaternary nitrogens is 1. The van der Waals surface area contributed by atoms with Crippen molar-refractivity contribution in [1.29, 1.82) is 0 Å². The van der Waals surface area contributed by atoms with Crippen LogP contribution in [-0.4, -0.2) is 70.0 Å². The van der Waals surface area contributed by atoms with Gasteiger partial charge >= 0.3 is 0 Å². The zero-order chi connectivity index (χ0) is 17.6. The molecule has 25 heavy (non-hydrogen) atoms. The van der Waals surface area contributed by atoms with Gasteiger partial charge in [0, 0.05) is 39.6 Å². The largest absolute Gasteiger partial charge is 0.390 e. The predicted octanol–water partition coefficient (Wildman–Crippen LogP) is 0.506. The minimum Gasteiger partial charge on any atom is -0.390 e. The molecule has 4 aliphatic rings. The summed E-state index contributed by atoms with van der Waals surface area (Å²) >= 11 is 0. The van der Waals surface area contributed by atoms with Crippen LogP contribution in [0.2, 0.25) is 0 Å². The molecule has 0 aromatic heterocycles. The van der Waals surface area contributed by atoms with Gasteiger partial charge in [-0.2, -0.15) is 0 Å². The second-order valence-electron chi connectivity index (χ2n) is 9.02. The fourth-order valence-electron chi connectivity index (χ4n) is 6.77. The van der Waals surface area contributed by atoms with Crippen LogP contribution in [0.15, 0.2) is 0 Å². The van der Waals surface area contributed by atoms with E-state index in [1.807, 2.05) is 19.1 Å². The summed E-state index contributed by atoms with van der Waals surface area (Å²) in [5.41, 5.74) is 0. The Morgan fingerprint density at radius 1 is 0.760 bits per heavy atom. The number of fused-ring (bicyclic) bond motifs is 4. The lowest BCUT2D eigenvalue weighted by molar-refractivity contribution is -0.947. The van der Waals surface area contributed by atoms with Gasteiger partial charge in [0.05, 0.1) is 43.5 Å². The summed E-state index contributed by atoms with van der Waals surface area (Å²) in [4.78, 5) is 1.82. The second-order valence-corrected chi connectivity index (χ2v) is 9.02. The van der Waals surface area contributed by atoms with Gasteiger partial charge in [-0.15, -0.1) is 0 Å². The highest BCUT2D eigenvalue weighted by atomic mass is 16.5. The Balaban J connectivity index is 1.47. The van der Waals surface area contributed by atoms with Gasteiger partial charge in [0.2, 0.25) is 0 Å². The predicted molar refractivity (Wildman–Crippen MR) is 94.5 cm³/mol. The van der Waals surface area contributed by atoms with Crippen LogP contribution in [0.25, 0.3) is 0 Å². The Kier molecular flexibility index (Phi) is 5.40. The molecule has 10 atom stereocenters. The van der Waals surface area contributed by atoms with Crippen LogP contribution in [0.1, 0.15) is 38.5 Å². The lowest BCUT2D eigenvalue weighted by Gasteiger charge is -2.54. The van der Waals surface area contributed by atoms with Crippen molar-refractivity contribution in [3.05, 3.63) is 0 Å². The second kappa shape index (κ2) is 7.43. The van der Waals surface area contributed by atoms with Crippen molar-refractivity contribution in [2.75, 3.05) is 34.4 Å². The maximum atomic E-state index is 10.4. The molecule has 0 spiro atoms. The number of hydrogen-bond donors (Lipinski definition) is 2. The summed E-state index contributed by atoms with van der Waals surface area (Å²) < 4.78 is 17.0.